The number of rotatable bonds is 4. The quantitative estimate of drug-likeness (QED) is 0.823. The highest BCUT2D eigenvalue weighted by Crippen LogP contribution is 2.12. The molecule has 0 aliphatic heterocycles. The summed E-state index contributed by atoms with van der Waals surface area (Å²) in [5.41, 5.74) is 6.71. The number of methoxy groups -OCH3 is 1. The Bertz CT molecular complexity index is 619. The Kier molecular flexibility index (Phi) is 3.61. The predicted octanol–water partition coefficient (Wildman–Crippen LogP) is 0.817. The van der Waals surface area contributed by atoms with Crippen LogP contribution in [0.2, 0.25) is 0 Å². The molecule has 2 rings (SSSR count). The van der Waals surface area contributed by atoms with Gasteiger partial charge in [0.15, 0.2) is 0 Å². The van der Waals surface area contributed by atoms with Crippen molar-refractivity contribution in [1.29, 1.82) is 0 Å². The average molecular weight is 259 g/mol. The fraction of sp³-hybridized carbons (Fsp3) is 0.154. The van der Waals surface area contributed by atoms with Crippen LogP contribution in [0.4, 0.5) is 0 Å². The van der Waals surface area contributed by atoms with Crippen molar-refractivity contribution in [3.8, 4) is 0 Å². The predicted molar refractivity (Wildman–Crippen MR) is 67.6 cm³/mol. The standard InChI is InChI=1S/C13H13N3O3/c1-19-13(18)11-5-3-2-4-9(11)7-16-8-10(6-15-16)12(14)17/h2-6,8H,7H2,1H3,(H2,14,17). The molecule has 2 aromatic rings. The molecular formula is C13H13N3O3. The van der Waals surface area contributed by atoms with E-state index in [2.05, 4.69) is 5.10 Å². The summed E-state index contributed by atoms with van der Waals surface area (Å²) >= 11 is 0. The van der Waals surface area contributed by atoms with Crippen LogP contribution in [0.25, 0.3) is 0 Å². The second-order valence-electron chi connectivity index (χ2n) is 3.94. The van der Waals surface area contributed by atoms with E-state index in [0.29, 0.717) is 17.7 Å². The molecule has 1 amide bonds. The van der Waals surface area contributed by atoms with Crippen molar-refractivity contribution in [2.75, 3.05) is 7.11 Å². The molecule has 6 nitrogen and oxygen atoms in total. The number of esters is 1. The average Bonchev–Trinajstić information content (AvgIpc) is 2.87. The van der Waals surface area contributed by atoms with Crippen molar-refractivity contribution < 1.29 is 14.3 Å². The zero-order chi connectivity index (χ0) is 13.8. The zero-order valence-corrected chi connectivity index (χ0v) is 10.4. The zero-order valence-electron chi connectivity index (χ0n) is 10.4. The summed E-state index contributed by atoms with van der Waals surface area (Å²) in [7, 11) is 1.33. The first kappa shape index (κ1) is 12.8. The molecule has 1 aromatic heterocycles. The first-order chi connectivity index (χ1) is 9.11. The Morgan fingerprint density at radius 1 is 1.37 bits per heavy atom. The molecule has 0 saturated carbocycles. The van der Waals surface area contributed by atoms with Gasteiger partial charge in [0.25, 0.3) is 5.91 Å². The van der Waals surface area contributed by atoms with Gasteiger partial charge in [-0.2, -0.15) is 5.10 Å². The maximum atomic E-state index is 11.6. The molecule has 1 aromatic carbocycles. The van der Waals surface area contributed by atoms with Crippen LogP contribution in [0.5, 0.6) is 0 Å². The summed E-state index contributed by atoms with van der Waals surface area (Å²) < 4.78 is 6.26. The molecule has 19 heavy (non-hydrogen) atoms. The van der Waals surface area contributed by atoms with Crippen molar-refractivity contribution in [2.45, 2.75) is 6.54 Å². The lowest BCUT2D eigenvalue weighted by atomic mass is 10.1. The number of primary amides is 1. The summed E-state index contributed by atoms with van der Waals surface area (Å²) in [5, 5.41) is 4.02. The van der Waals surface area contributed by atoms with Gasteiger partial charge in [0.1, 0.15) is 0 Å². The topological polar surface area (TPSA) is 87.2 Å². The first-order valence-electron chi connectivity index (χ1n) is 5.60. The molecule has 0 fully saturated rings. The highest BCUT2D eigenvalue weighted by molar-refractivity contribution is 5.92. The fourth-order valence-corrected chi connectivity index (χ4v) is 1.72. The number of hydrogen-bond donors (Lipinski definition) is 1. The van der Waals surface area contributed by atoms with E-state index in [-0.39, 0.29) is 0 Å². The maximum Gasteiger partial charge on any atom is 0.338 e. The highest BCUT2D eigenvalue weighted by atomic mass is 16.5. The molecule has 2 N–H and O–H groups in total. The van der Waals surface area contributed by atoms with Crippen LogP contribution in [-0.4, -0.2) is 28.8 Å². The largest absolute Gasteiger partial charge is 0.465 e. The first-order valence-corrected chi connectivity index (χ1v) is 5.60. The molecule has 98 valence electrons. The summed E-state index contributed by atoms with van der Waals surface area (Å²) in [5.74, 6) is -0.939. The van der Waals surface area contributed by atoms with Crippen LogP contribution in [-0.2, 0) is 11.3 Å². The van der Waals surface area contributed by atoms with Gasteiger partial charge in [-0.15, -0.1) is 0 Å². The summed E-state index contributed by atoms with van der Waals surface area (Å²) in [4.78, 5) is 22.6. The van der Waals surface area contributed by atoms with Crippen molar-refractivity contribution in [3.63, 3.8) is 0 Å². The van der Waals surface area contributed by atoms with Crippen LogP contribution >= 0.6 is 0 Å². The molecule has 0 unspecified atom stereocenters. The molecular weight excluding hydrogens is 246 g/mol. The van der Waals surface area contributed by atoms with Gasteiger partial charge in [0.2, 0.25) is 0 Å². The van der Waals surface area contributed by atoms with Crippen LogP contribution in [0.3, 0.4) is 0 Å². The van der Waals surface area contributed by atoms with Crippen molar-refractivity contribution in [2.24, 2.45) is 5.73 Å². The Balaban J connectivity index is 2.27. The van der Waals surface area contributed by atoms with Crippen LogP contribution < -0.4 is 5.73 Å². The maximum absolute atomic E-state index is 11.6. The number of nitrogens with zero attached hydrogens (tertiary/aromatic N) is 2. The fourth-order valence-electron chi connectivity index (χ4n) is 1.72. The number of amides is 1. The van der Waals surface area contributed by atoms with Crippen molar-refractivity contribution >= 4 is 11.9 Å². The molecule has 0 aliphatic carbocycles. The molecule has 0 aliphatic rings. The number of carbonyl (C=O) groups is 2. The van der Waals surface area contributed by atoms with E-state index in [1.807, 2.05) is 6.07 Å². The Labute approximate surface area is 109 Å². The van der Waals surface area contributed by atoms with E-state index >= 15 is 0 Å². The molecule has 0 radical (unpaired) electrons. The second kappa shape index (κ2) is 5.34. The molecule has 0 saturated heterocycles. The minimum atomic E-state index is -0.535. The van der Waals surface area contributed by atoms with Crippen LogP contribution in [0.1, 0.15) is 26.3 Å². The van der Waals surface area contributed by atoms with E-state index < -0.39 is 11.9 Å². The Morgan fingerprint density at radius 2 is 2.11 bits per heavy atom. The third kappa shape index (κ3) is 2.79. The molecule has 6 heteroatoms. The second-order valence-corrected chi connectivity index (χ2v) is 3.94. The van der Waals surface area contributed by atoms with Gasteiger partial charge in [0, 0.05) is 6.20 Å². The molecule has 0 atom stereocenters. The molecule has 0 spiro atoms. The molecule has 0 bridgehead atoms. The van der Waals surface area contributed by atoms with Crippen molar-refractivity contribution in [1.82, 2.24) is 9.78 Å². The van der Waals surface area contributed by atoms with E-state index in [1.54, 1.807) is 22.9 Å². The highest BCUT2D eigenvalue weighted by Gasteiger charge is 2.12. The molecule has 1 heterocycles. The smallest absolute Gasteiger partial charge is 0.338 e. The van der Waals surface area contributed by atoms with Gasteiger partial charge in [-0.05, 0) is 11.6 Å². The lowest BCUT2D eigenvalue weighted by Crippen LogP contribution is -2.11. The lowest BCUT2D eigenvalue weighted by molar-refractivity contribution is 0.0599. The van der Waals surface area contributed by atoms with Gasteiger partial charge >= 0.3 is 5.97 Å². The van der Waals surface area contributed by atoms with Gasteiger partial charge in [-0.1, -0.05) is 18.2 Å². The van der Waals surface area contributed by atoms with E-state index in [0.717, 1.165) is 5.56 Å². The van der Waals surface area contributed by atoms with Crippen LogP contribution in [0, 0.1) is 0 Å². The number of aromatic nitrogens is 2. The monoisotopic (exact) mass is 259 g/mol. The minimum absolute atomic E-state index is 0.329. The summed E-state index contributed by atoms with van der Waals surface area (Å²) in [6.07, 6.45) is 2.93. The SMILES string of the molecule is COC(=O)c1ccccc1Cn1cc(C(N)=O)cn1. The van der Waals surface area contributed by atoms with E-state index in [9.17, 15) is 9.59 Å². The lowest BCUT2D eigenvalue weighted by Gasteiger charge is -2.07. The van der Waals surface area contributed by atoms with E-state index in [4.69, 9.17) is 10.5 Å². The summed E-state index contributed by atoms with van der Waals surface area (Å²) in [6.45, 7) is 0.360. The van der Waals surface area contributed by atoms with Gasteiger partial charge < -0.3 is 10.5 Å². The third-order valence-corrected chi connectivity index (χ3v) is 2.67. The number of carbonyl (C=O) groups excluding carboxylic acids is 2. The van der Waals surface area contributed by atoms with Gasteiger partial charge in [-0.25, -0.2) is 4.79 Å². The number of hydrogen-bond acceptors (Lipinski definition) is 4. The third-order valence-electron chi connectivity index (χ3n) is 2.67. The van der Waals surface area contributed by atoms with E-state index in [1.165, 1.54) is 19.5 Å². The Hall–Kier alpha value is -2.63. The Morgan fingerprint density at radius 3 is 2.74 bits per heavy atom. The van der Waals surface area contributed by atoms with Gasteiger partial charge in [0.05, 0.1) is 31.0 Å². The van der Waals surface area contributed by atoms with Crippen LogP contribution in [0.15, 0.2) is 36.7 Å². The minimum Gasteiger partial charge on any atom is -0.465 e. The summed E-state index contributed by atoms with van der Waals surface area (Å²) in [6, 6.07) is 7.06. The van der Waals surface area contributed by atoms with Crippen molar-refractivity contribution in [3.05, 3.63) is 53.3 Å². The number of nitrogens with two attached hydrogens (primary N) is 1. The normalized spacial score (nSPS) is 10.2. The number of ether oxygens (including phenoxy) is 1. The van der Waals surface area contributed by atoms with Gasteiger partial charge in [-0.3, -0.25) is 9.48 Å². The number of benzene rings is 1.